The van der Waals surface area contributed by atoms with Gasteiger partial charge in [0.25, 0.3) is 0 Å². The Labute approximate surface area is 197 Å². The SMILES string of the molecule is CC(=O)CCC(=O)Oc1ccc(/C=C/c2cc(OC(C)=O)cc(OC(=O)CCC(C)=O)c2)cc1. The molecular formula is C26H26O8. The van der Waals surface area contributed by atoms with E-state index in [0.29, 0.717) is 11.3 Å². The number of benzene rings is 2. The average Bonchev–Trinajstić information content (AvgIpc) is 2.75. The second kappa shape index (κ2) is 12.8. The number of ketones is 2. The zero-order valence-corrected chi connectivity index (χ0v) is 19.3. The van der Waals surface area contributed by atoms with Crippen LogP contribution in [0, 0.1) is 0 Å². The third-order valence-corrected chi connectivity index (χ3v) is 4.34. The van der Waals surface area contributed by atoms with E-state index in [2.05, 4.69) is 0 Å². The normalized spacial score (nSPS) is 10.6. The molecule has 0 unspecified atom stereocenters. The third-order valence-electron chi connectivity index (χ3n) is 4.34. The molecule has 0 saturated heterocycles. The van der Waals surface area contributed by atoms with E-state index < -0.39 is 17.9 Å². The molecular weight excluding hydrogens is 440 g/mol. The van der Waals surface area contributed by atoms with E-state index in [1.54, 1.807) is 48.6 Å². The predicted octanol–water partition coefficient (Wildman–Crippen LogP) is 4.33. The summed E-state index contributed by atoms with van der Waals surface area (Å²) in [5, 5.41) is 0. The topological polar surface area (TPSA) is 113 Å². The van der Waals surface area contributed by atoms with E-state index in [1.807, 2.05) is 0 Å². The molecule has 0 heterocycles. The Hall–Kier alpha value is -4.07. The predicted molar refractivity (Wildman–Crippen MR) is 124 cm³/mol. The molecule has 0 amide bonds. The molecule has 2 aromatic carbocycles. The molecule has 2 aromatic rings. The fraction of sp³-hybridized carbons (Fsp3) is 0.269. The molecule has 0 bridgehead atoms. The largest absolute Gasteiger partial charge is 0.427 e. The van der Waals surface area contributed by atoms with Gasteiger partial charge in [-0.05, 0) is 49.2 Å². The van der Waals surface area contributed by atoms with Crippen LogP contribution >= 0.6 is 0 Å². The first-order valence-corrected chi connectivity index (χ1v) is 10.6. The first-order valence-electron chi connectivity index (χ1n) is 10.6. The number of ether oxygens (including phenoxy) is 3. The van der Waals surface area contributed by atoms with Gasteiger partial charge in [-0.15, -0.1) is 0 Å². The molecule has 0 aliphatic rings. The van der Waals surface area contributed by atoms with Crippen molar-refractivity contribution in [1.82, 2.24) is 0 Å². The number of Topliss-reactive ketones (excluding diaryl/α,β-unsaturated/α-hetero) is 2. The number of rotatable bonds is 11. The quantitative estimate of drug-likeness (QED) is 0.273. The van der Waals surface area contributed by atoms with E-state index in [1.165, 1.54) is 26.8 Å². The van der Waals surface area contributed by atoms with E-state index in [-0.39, 0.29) is 48.7 Å². The summed E-state index contributed by atoms with van der Waals surface area (Å²) in [7, 11) is 0. The fourth-order valence-corrected chi connectivity index (χ4v) is 2.73. The van der Waals surface area contributed by atoms with Gasteiger partial charge in [-0.2, -0.15) is 0 Å². The lowest BCUT2D eigenvalue weighted by Gasteiger charge is -2.08. The van der Waals surface area contributed by atoms with Crippen molar-refractivity contribution in [2.24, 2.45) is 0 Å². The molecule has 0 fully saturated rings. The van der Waals surface area contributed by atoms with Crippen LogP contribution < -0.4 is 14.2 Å². The highest BCUT2D eigenvalue weighted by Gasteiger charge is 2.10. The van der Waals surface area contributed by atoms with E-state index in [0.717, 1.165) is 5.56 Å². The van der Waals surface area contributed by atoms with Gasteiger partial charge in [0.05, 0.1) is 12.8 Å². The van der Waals surface area contributed by atoms with Crippen LogP contribution in [0.15, 0.2) is 42.5 Å². The molecule has 0 N–H and O–H groups in total. The Morgan fingerprint density at radius 3 is 1.56 bits per heavy atom. The van der Waals surface area contributed by atoms with E-state index in [9.17, 15) is 24.0 Å². The van der Waals surface area contributed by atoms with Crippen LogP contribution in [0.2, 0.25) is 0 Å². The van der Waals surface area contributed by atoms with Crippen LogP contribution in [0.3, 0.4) is 0 Å². The number of esters is 3. The van der Waals surface area contributed by atoms with Gasteiger partial charge in [0.15, 0.2) is 0 Å². The van der Waals surface area contributed by atoms with Gasteiger partial charge in [0.1, 0.15) is 28.8 Å². The molecule has 0 aromatic heterocycles. The fourth-order valence-electron chi connectivity index (χ4n) is 2.73. The summed E-state index contributed by atoms with van der Waals surface area (Å²) >= 11 is 0. The van der Waals surface area contributed by atoms with Gasteiger partial charge >= 0.3 is 17.9 Å². The van der Waals surface area contributed by atoms with Crippen molar-refractivity contribution >= 4 is 41.6 Å². The highest BCUT2D eigenvalue weighted by Crippen LogP contribution is 2.25. The van der Waals surface area contributed by atoms with Crippen molar-refractivity contribution in [3.63, 3.8) is 0 Å². The lowest BCUT2D eigenvalue weighted by Crippen LogP contribution is -2.10. The van der Waals surface area contributed by atoms with Crippen LogP contribution in [0.25, 0.3) is 12.2 Å². The maximum absolute atomic E-state index is 12.0. The zero-order valence-electron chi connectivity index (χ0n) is 19.3. The Morgan fingerprint density at radius 2 is 1.06 bits per heavy atom. The zero-order chi connectivity index (χ0) is 25.1. The van der Waals surface area contributed by atoms with Crippen LogP contribution in [-0.2, 0) is 24.0 Å². The Balaban J connectivity index is 2.11. The van der Waals surface area contributed by atoms with Crippen molar-refractivity contribution < 1.29 is 38.2 Å². The monoisotopic (exact) mass is 466 g/mol. The summed E-state index contributed by atoms with van der Waals surface area (Å²) in [4.78, 5) is 57.1. The van der Waals surface area contributed by atoms with E-state index >= 15 is 0 Å². The summed E-state index contributed by atoms with van der Waals surface area (Å²) in [6.07, 6.45) is 3.70. The molecule has 0 aliphatic heterocycles. The van der Waals surface area contributed by atoms with Crippen LogP contribution in [0.4, 0.5) is 0 Å². The van der Waals surface area contributed by atoms with Gasteiger partial charge in [0.2, 0.25) is 0 Å². The third kappa shape index (κ3) is 10.0. The summed E-state index contributed by atoms with van der Waals surface area (Å²) in [6, 6.07) is 11.4. The summed E-state index contributed by atoms with van der Waals surface area (Å²) < 4.78 is 15.6. The maximum Gasteiger partial charge on any atom is 0.311 e. The molecule has 0 spiro atoms. The number of hydrogen-bond acceptors (Lipinski definition) is 8. The van der Waals surface area contributed by atoms with Gasteiger partial charge in [-0.3, -0.25) is 14.4 Å². The Bertz CT molecular complexity index is 1100. The molecule has 0 atom stereocenters. The second-order valence-corrected chi connectivity index (χ2v) is 7.59. The molecule has 0 radical (unpaired) electrons. The summed E-state index contributed by atoms with van der Waals surface area (Å²) in [6.45, 7) is 4.07. The molecule has 8 heteroatoms. The number of carbonyl (C=O) groups is 5. The molecule has 0 aliphatic carbocycles. The highest BCUT2D eigenvalue weighted by molar-refractivity contribution is 5.83. The first-order chi connectivity index (χ1) is 16.1. The van der Waals surface area contributed by atoms with Gasteiger partial charge in [0, 0.05) is 25.8 Å². The van der Waals surface area contributed by atoms with Gasteiger partial charge in [-0.25, -0.2) is 0 Å². The standard InChI is InChI=1S/C26H26O8/c1-17(27)4-12-25(30)33-22-10-8-20(9-11-22)6-7-21-14-23(32-19(3)29)16-24(15-21)34-26(31)13-5-18(2)28/h6-11,14-16H,4-5,12-13H2,1-3H3/b7-6+. The van der Waals surface area contributed by atoms with Gasteiger partial charge < -0.3 is 23.8 Å². The molecule has 178 valence electrons. The number of hydrogen-bond donors (Lipinski definition) is 0. The van der Waals surface area contributed by atoms with Gasteiger partial charge in [-0.1, -0.05) is 24.3 Å². The average molecular weight is 466 g/mol. The highest BCUT2D eigenvalue weighted by atomic mass is 16.5. The van der Waals surface area contributed by atoms with Crippen LogP contribution in [0.1, 0.15) is 57.6 Å². The van der Waals surface area contributed by atoms with Crippen molar-refractivity contribution in [3.05, 3.63) is 53.6 Å². The van der Waals surface area contributed by atoms with Crippen molar-refractivity contribution in [2.45, 2.75) is 46.5 Å². The maximum atomic E-state index is 12.0. The lowest BCUT2D eigenvalue weighted by atomic mass is 10.1. The lowest BCUT2D eigenvalue weighted by molar-refractivity contribution is -0.136. The minimum atomic E-state index is -0.571. The van der Waals surface area contributed by atoms with Crippen molar-refractivity contribution in [3.8, 4) is 17.2 Å². The van der Waals surface area contributed by atoms with Crippen LogP contribution in [-0.4, -0.2) is 29.5 Å². The minimum absolute atomic E-state index is 0.0251. The molecule has 8 nitrogen and oxygen atoms in total. The van der Waals surface area contributed by atoms with Crippen molar-refractivity contribution in [1.29, 1.82) is 0 Å². The molecule has 0 saturated carbocycles. The first kappa shape index (κ1) is 26.2. The van der Waals surface area contributed by atoms with Crippen molar-refractivity contribution in [2.75, 3.05) is 0 Å². The Kier molecular flexibility index (Phi) is 9.89. The second-order valence-electron chi connectivity index (χ2n) is 7.59. The Morgan fingerprint density at radius 1 is 0.588 bits per heavy atom. The smallest absolute Gasteiger partial charge is 0.311 e. The van der Waals surface area contributed by atoms with Crippen LogP contribution in [0.5, 0.6) is 17.2 Å². The number of carbonyl (C=O) groups excluding carboxylic acids is 5. The molecule has 34 heavy (non-hydrogen) atoms. The minimum Gasteiger partial charge on any atom is -0.427 e. The molecule has 2 rings (SSSR count). The summed E-state index contributed by atoms with van der Waals surface area (Å²) in [5.74, 6) is -1.03. The van der Waals surface area contributed by atoms with E-state index in [4.69, 9.17) is 14.2 Å². The summed E-state index contributed by atoms with van der Waals surface area (Å²) in [5.41, 5.74) is 1.40.